The Morgan fingerprint density at radius 1 is 0.920 bits per heavy atom. The van der Waals surface area contributed by atoms with Crippen molar-refractivity contribution in [3.63, 3.8) is 0 Å². The maximum absolute atomic E-state index is 11.3. The molecule has 0 atom stereocenters. The van der Waals surface area contributed by atoms with Crippen molar-refractivity contribution in [2.24, 2.45) is 0 Å². The Morgan fingerprint density at radius 3 is 2.24 bits per heavy atom. The lowest BCUT2D eigenvalue weighted by Crippen LogP contribution is -2.05. The highest BCUT2D eigenvalue weighted by molar-refractivity contribution is 5.95. The summed E-state index contributed by atoms with van der Waals surface area (Å²) in [6.07, 6.45) is 0. The van der Waals surface area contributed by atoms with Crippen molar-refractivity contribution >= 4 is 29.0 Å². The summed E-state index contributed by atoms with van der Waals surface area (Å²) in [6.45, 7) is 3.81. The van der Waals surface area contributed by atoms with Gasteiger partial charge in [-0.3, -0.25) is 0 Å². The van der Waals surface area contributed by atoms with Crippen molar-refractivity contribution in [1.82, 2.24) is 9.97 Å². The monoisotopic (exact) mass is 334 g/mol. The first-order valence-electron chi connectivity index (χ1n) is 7.80. The smallest absolute Gasteiger partial charge is 0.337 e. The summed E-state index contributed by atoms with van der Waals surface area (Å²) < 4.78 is 0. The van der Waals surface area contributed by atoms with Crippen LogP contribution >= 0.6 is 0 Å². The highest BCUT2D eigenvalue weighted by Crippen LogP contribution is 2.23. The van der Waals surface area contributed by atoms with Crippen LogP contribution in [-0.2, 0) is 0 Å². The molecule has 0 fully saturated rings. The predicted octanol–water partition coefficient (Wildman–Crippen LogP) is 4.28. The molecule has 25 heavy (non-hydrogen) atoms. The molecule has 0 aliphatic rings. The number of anilines is 4. The third-order valence-corrected chi connectivity index (χ3v) is 3.58. The summed E-state index contributed by atoms with van der Waals surface area (Å²) in [6, 6.07) is 16.4. The van der Waals surface area contributed by atoms with Gasteiger partial charge >= 0.3 is 5.97 Å². The molecular weight excluding hydrogens is 316 g/mol. The Balaban J connectivity index is 1.87. The van der Waals surface area contributed by atoms with Gasteiger partial charge in [0, 0.05) is 11.8 Å². The Bertz CT molecular complexity index is 908. The van der Waals surface area contributed by atoms with E-state index >= 15 is 0 Å². The average molecular weight is 334 g/mol. The zero-order valence-electron chi connectivity index (χ0n) is 13.9. The Hall–Kier alpha value is -3.41. The van der Waals surface area contributed by atoms with E-state index in [-0.39, 0.29) is 5.56 Å². The average Bonchev–Trinajstić information content (AvgIpc) is 2.57. The van der Waals surface area contributed by atoms with Gasteiger partial charge in [0.25, 0.3) is 0 Å². The minimum atomic E-state index is -0.994. The standard InChI is InChI=1S/C19H18N4O2/c1-12-7-9-14(10-8-12)22-17-11-18(21-13(2)20-17)23-16-6-4-3-5-15(16)19(24)25/h3-11H,1-2H3,(H,24,25)(H2,20,21,22,23). The minimum absolute atomic E-state index is 0.187. The molecule has 6 nitrogen and oxygen atoms in total. The van der Waals surface area contributed by atoms with Crippen LogP contribution in [0.4, 0.5) is 23.0 Å². The highest BCUT2D eigenvalue weighted by atomic mass is 16.4. The molecule has 126 valence electrons. The number of para-hydroxylation sites is 1. The van der Waals surface area contributed by atoms with Crippen LogP contribution in [0.3, 0.4) is 0 Å². The van der Waals surface area contributed by atoms with Gasteiger partial charge in [0.2, 0.25) is 0 Å². The van der Waals surface area contributed by atoms with Crippen LogP contribution in [0.25, 0.3) is 0 Å². The topological polar surface area (TPSA) is 87.1 Å². The molecule has 3 N–H and O–H groups in total. The van der Waals surface area contributed by atoms with E-state index in [1.54, 1.807) is 37.3 Å². The lowest BCUT2D eigenvalue weighted by Gasteiger charge is -2.12. The molecule has 0 amide bonds. The molecule has 0 saturated carbocycles. The van der Waals surface area contributed by atoms with Gasteiger partial charge in [-0.2, -0.15) is 0 Å². The van der Waals surface area contributed by atoms with Crippen molar-refractivity contribution in [1.29, 1.82) is 0 Å². The largest absolute Gasteiger partial charge is 0.478 e. The zero-order valence-corrected chi connectivity index (χ0v) is 13.9. The number of aromatic carboxylic acids is 1. The van der Waals surface area contributed by atoms with Crippen molar-refractivity contribution < 1.29 is 9.90 Å². The number of carboxylic acids is 1. The second-order valence-electron chi connectivity index (χ2n) is 5.65. The molecule has 1 aromatic heterocycles. The molecule has 6 heteroatoms. The van der Waals surface area contributed by atoms with E-state index in [4.69, 9.17) is 0 Å². The normalized spacial score (nSPS) is 10.3. The maximum atomic E-state index is 11.3. The molecule has 0 bridgehead atoms. The van der Waals surface area contributed by atoms with Gasteiger partial charge < -0.3 is 15.7 Å². The van der Waals surface area contributed by atoms with Gasteiger partial charge in [0.15, 0.2) is 0 Å². The van der Waals surface area contributed by atoms with E-state index in [2.05, 4.69) is 20.6 Å². The number of aromatic nitrogens is 2. The van der Waals surface area contributed by atoms with Gasteiger partial charge in [-0.05, 0) is 38.1 Å². The van der Waals surface area contributed by atoms with Crippen LogP contribution in [0, 0.1) is 13.8 Å². The first-order chi connectivity index (χ1) is 12.0. The van der Waals surface area contributed by atoms with E-state index in [9.17, 15) is 9.90 Å². The lowest BCUT2D eigenvalue weighted by molar-refractivity contribution is 0.0698. The van der Waals surface area contributed by atoms with Crippen molar-refractivity contribution in [2.75, 3.05) is 10.6 Å². The summed E-state index contributed by atoms with van der Waals surface area (Å²) in [5, 5.41) is 15.6. The SMILES string of the molecule is Cc1ccc(Nc2cc(Nc3ccccc3C(=O)O)nc(C)n2)cc1. The van der Waals surface area contributed by atoms with Gasteiger partial charge in [0.05, 0.1) is 11.3 Å². The number of benzene rings is 2. The Labute approximate surface area is 145 Å². The molecule has 3 aromatic rings. The van der Waals surface area contributed by atoms with Crippen LogP contribution in [0.1, 0.15) is 21.7 Å². The summed E-state index contributed by atoms with van der Waals surface area (Å²) >= 11 is 0. The molecule has 1 heterocycles. The van der Waals surface area contributed by atoms with Crippen molar-refractivity contribution in [3.05, 3.63) is 71.5 Å². The van der Waals surface area contributed by atoms with Crippen molar-refractivity contribution in [3.8, 4) is 0 Å². The highest BCUT2D eigenvalue weighted by Gasteiger charge is 2.10. The number of carboxylic acid groups (broad SMARTS) is 1. The summed E-state index contributed by atoms with van der Waals surface area (Å²) in [5.41, 5.74) is 2.76. The second kappa shape index (κ2) is 7.00. The van der Waals surface area contributed by atoms with E-state index in [0.717, 1.165) is 5.69 Å². The quantitative estimate of drug-likeness (QED) is 0.645. The van der Waals surface area contributed by atoms with E-state index in [1.165, 1.54) is 5.56 Å². The fourth-order valence-electron chi connectivity index (χ4n) is 2.40. The fraction of sp³-hybridized carbons (Fsp3) is 0.105. The van der Waals surface area contributed by atoms with Crippen LogP contribution in [-0.4, -0.2) is 21.0 Å². The molecule has 0 saturated heterocycles. The van der Waals surface area contributed by atoms with Gasteiger partial charge in [0.1, 0.15) is 17.5 Å². The predicted molar refractivity (Wildman–Crippen MR) is 97.9 cm³/mol. The molecule has 0 unspecified atom stereocenters. The molecule has 2 aromatic carbocycles. The second-order valence-corrected chi connectivity index (χ2v) is 5.65. The number of rotatable bonds is 5. The lowest BCUT2D eigenvalue weighted by atomic mass is 10.2. The van der Waals surface area contributed by atoms with E-state index in [1.807, 2.05) is 31.2 Å². The summed E-state index contributed by atoms with van der Waals surface area (Å²) in [4.78, 5) is 20.0. The Kier molecular flexibility index (Phi) is 4.61. The van der Waals surface area contributed by atoms with Gasteiger partial charge in [-0.25, -0.2) is 14.8 Å². The number of hydrogen-bond acceptors (Lipinski definition) is 5. The summed E-state index contributed by atoms with van der Waals surface area (Å²) in [7, 11) is 0. The number of aryl methyl sites for hydroxylation is 2. The molecule has 0 aliphatic heterocycles. The van der Waals surface area contributed by atoms with Crippen LogP contribution in [0.5, 0.6) is 0 Å². The van der Waals surface area contributed by atoms with Gasteiger partial charge in [-0.1, -0.05) is 29.8 Å². The number of hydrogen-bond donors (Lipinski definition) is 3. The molecule has 3 rings (SSSR count). The Morgan fingerprint density at radius 2 is 1.56 bits per heavy atom. The first kappa shape index (κ1) is 16.4. The molecule has 0 radical (unpaired) electrons. The molecular formula is C19H18N4O2. The van der Waals surface area contributed by atoms with E-state index < -0.39 is 5.97 Å². The number of nitrogens with one attached hydrogen (secondary N) is 2. The van der Waals surface area contributed by atoms with E-state index in [0.29, 0.717) is 23.1 Å². The third kappa shape index (κ3) is 4.11. The maximum Gasteiger partial charge on any atom is 0.337 e. The van der Waals surface area contributed by atoms with Crippen molar-refractivity contribution in [2.45, 2.75) is 13.8 Å². The molecule has 0 spiro atoms. The third-order valence-electron chi connectivity index (χ3n) is 3.58. The van der Waals surface area contributed by atoms with Gasteiger partial charge in [-0.15, -0.1) is 0 Å². The zero-order chi connectivity index (χ0) is 17.8. The first-order valence-corrected chi connectivity index (χ1v) is 7.80. The number of carbonyl (C=O) groups is 1. The van der Waals surface area contributed by atoms with Crippen LogP contribution in [0.2, 0.25) is 0 Å². The van der Waals surface area contributed by atoms with Crippen LogP contribution < -0.4 is 10.6 Å². The minimum Gasteiger partial charge on any atom is -0.478 e. The number of nitrogens with zero attached hydrogens (tertiary/aromatic N) is 2. The summed E-state index contributed by atoms with van der Waals surface area (Å²) in [5.74, 6) is 0.738. The fourth-order valence-corrected chi connectivity index (χ4v) is 2.40. The molecule has 0 aliphatic carbocycles. The van der Waals surface area contributed by atoms with Crippen LogP contribution in [0.15, 0.2) is 54.6 Å².